The van der Waals surface area contributed by atoms with Gasteiger partial charge >= 0.3 is 0 Å². The van der Waals surface area contributed by atoms with Gasteiger partial charge in [-0.25, -0.2) is 0 Å². The van der Waals surface area contributed by atoms with Gasteiger partial charge in [0.05, 0.1) is 0 Å². The summed E-state index contributed by atoms with van der Waals surface area (Å²) in [5, 5.41) is 7.71. The molecule has 0 aromatic heterocycles. The quantitative estimate of drug-likeness (QED) is 0.350. The van der Waals surface area contributed by atoms with Crippen LogP contribution in [0.2, 0.25) is 0 Å². The Morgan fingerprint density at radius 2 is 1.56 bits per heavy atom. The predicted molar refractivity (Wildman–Crippen MR) is 79.3 cm³/mol. The molecule has 0 spiro atoms. The van der Waals surface area contributed by atoms with Crippen LogP contribution in [0.1, 0.15) is 5.56 Å². The van der Waals surface area contributed by atoms with E-state index in [2.05, 4.69) is 49.4 Å². The highest BCUT2D eigenvalue weighted by atomic mass is 14.5. The summed E-state index contributed by atoms with van der Waals surface area (Å²) in [4.78, 5) is 0. The van der Waals surface area contributed by atoms with E-state index in [1.54, 1.807) is 0 Å². The van der Waals surface area contributed by atoms with E-state index < -0.39 is 0 Å². The number of nitrogens with two attached hydrogens (primary N) is 1. The van der Waals surface area contributed by atoms with Crippen LogP contribution in [0, 0.1) is 6.92 Å². The molecule has 18 heavy (non-hydrogen) atoms. The summed E-state index contributed by atoms with van der Waals surface area (Å²) in [6.45, 7) is 2.17. The molecule has 0 radical (unpaired) electrons. The Balaban J connectivity index is 2.49. The first-order chi connectivity index (χ1) is 8.75. The van der Waals surface area contributed by atoms with Crippen LogP contribution in [-0.4, -0.2) is 0 Å². The molecule has 0 aliphatic heterocycles. The summed E-state index contributed by atoms with van der Waals surface area (Å²) in [5.74, 6) is 0. The van der Waals surface area contributed by atoms with Crippen molar-refractivity contribution in [3.8, 4) is 0 Å². The van der Waals surface area contributed by atoms with Crippen molar-refractivity contribution in [1.82, 2.24) is 0 Å². The zero-order chi connectivity index (χ0) is 12.3. The first-order valence-corrected chi connectivity index (χ1v) is 6.18. The van der Waals surface area contributed by atoms with Crippen molar-refractivity contribution in [2.45, 2.75) is 6.92 Å². The van der Waals surface area contributed by atoms with Gasteiger partial charge in [-0.05, 0) is 45.5 Å². The molecule has 0 heterocycles. The van der Waals surface area contributed by atoms with Gasteiger partial charge < -0.3 is 5.73 Å². The highest BCUT2D eigenvalue weighted by Crippen LogP contribution is 2.38. The summed E-state index contributed by atoms with van der Waals surface area (Å²) in [5.41, 5.74) is 8.29. The molecule has 0 amide bonds. The number of benzene rings is 4. The number of anilines is 1. The topological polar surface area (TPSA) is 26.0 Å². The van der Waals surface area contributed by atoms with Crippen molar-refractivity contribution in [3.63, 3.8) is 0 Å². The maximum atomic E-state index is 6.12. The van der Waals surface area contributed by atoms with Gasteiger partial charge in [-0.1, -0.05) is 42.5 Å². The van der Waals surface area contributed by atoms with E-state index in [1.165, 1.54) is 37.9 Å². The van der Waals surface area contributed by atoms with Gasteiger partial charge in [0, 0.05) is 11.1 Å². The monoisotopic (exact) mass is 231 g/mol. The van der Waals surface area contributed by atoms with Gasteiger partial charge in [0.1, 0.15) is 0 Å². The average Bonchev–Trinajstić information content (AvgIpc) is 2.38. The predicted octanol–water partition coefficient (Wildman–Crippen LogP) is 4.47. The summed E-state index contributed by atoms with van der Waals surface area (Å²) in [7, 11) is 0. The molecule has 1 heteroatoms. The van der Waals surface area contributed by atoms with Crippen LogP contribution >= 0.6 is 0 Å². The molecule has 4 aromatic carbocycles. The number of rotatable bonds is 0. The molecule has 0 unspecified atom stereocenters. The van der Waals surface area contributed by atoms with Crippen LogP contribution in [0.25, 0.3) is 32.3 Å². The second kappa shape index (κ2) is 3.14. The summed E-state index contributed by atoms with van der Waals surface area (Å²) in [6, 6.07) is 17.2. The Bertz CT molecular complexity index is 885. The molecule has 0 saturated heterocycles. The Labute approximate surface area is 105 Å². The lowest BCUT2D eigenvalue weighted by molar-refractivity contribution is 1.56. The molecule has 0 aliphatic carbocycles. The zero-order valence-corrected chi connectivity index (χ0v) is 10.2. The highest BCUT2D eigenvalue weighted by Gasteiger charge is 2.10. The molecule has 1 nitrogen and oxygen atoms in total. The minimum absolute atomic E-state index is 0.861. The van der Waals surface area contributed by atoms with Crippen LogP contribution in [0.5, 0.6) is 0 Å². The van der Waals surface area contributed by atoms with Crippen molar-refractivity contribution in [3.05, 3.63) is 54.1 Å². The largest absolute Gasteiger partial charge is 0.398 e. The van der Waals surface area contributed by atoms with Crippen molar-refractivity contribution in [2.24, 2.45) is 0 Å². The van der Waals surface area contributed by atoms with Crippen molar-refractivity contribution in [1.29, 1.82) is 0 Å². The maximum Gasteiger partial charge on any atom is 0.0394 e. The van der Waals surface area contributed by atoms with E-state index in [-0.39, 0.29) is 0 Å². The van der Waals surface area contributed by atoms with Gasteiger partial charge in [0.25, 0.3) is 0 Å². The van der Waals surface area contributed by atoms with Crippen LogP contribution in [0.15, 0.2) is 48.5 Å². The fourth-order valence-electron chi connectivity index (χ4n) is 3.03. The molecule has 0 saturated carbocycles. The summed E-state index contributed by atoms with van der Waals surface area (Å²) >= 11 is 0. The Hall–Kier alpha value is -2.28. The van der Waals surface area contributed by atoms with E-state index in [4.69, 9.17) is 5.73 Å². The van der Waals surface area contributed by atoms with Crippen molar-refractivity contribution < 1.29 is 0 Å². The van der Waals surface area contributed by atoms with E-state index in [1.807, 2.05) is 6.07 Å². The molecule has 0 aliphatic rings. The second-order valence-corrected chi connectivity index (χ2v) is 4.96. The first-order valence-electron chi connectivity index (χ1n) is 6.18. The van der Waals surface area contributed by atoms with Gasteiger partial charge in [-0.3, -0.25) is 0 Å². The number of nitrogen functional groups attached to an aromatic ring is 1. The Morgan fingerprint density at radius 3 is 2.44 bits per heavy atom. The van der Waals surface area contributed by atoms with Gasteiger partial charge in [-0.15, -0.1) is 0 Å². The standard InChI is InChI=1S/C17H13N/c1-10-9-12-4-2-3-11-5-6-14-15(18)8-7-13(10)17(14)16(11)12/h2-9H,18H2,1H3. The lowest BCUT2D eigenvalue weighted by Gasteiger charge is -2.13. The summed E-state index contributed by atoms with van der Waals surface area (Å²) in [6.07, 6.45) is 0. The Morgan fingerprint density at radius 1 is 0.778 bits per heavy atom. The number of aryl methyl sites for hydroxylation is 1. The van der Waals surface area contributed by atoms with Gasteiger partial charge in [0.15, 0.2) is 0 Å². The molecule has 0 bridgehead atoms. The summed E-state index contributed by atoms with van der Waals surface area (Å²) < 4.78 is 0. The maximum absolute atomic E-state index is 6.12. The molecule has 0 atom stereocenters. The van der Waals surface area contributed by atoms with Crippen LogP contribution in [0.3, 0.4) is 0 Å². The zero-order valence-electron chi connectivity index (χ0n) is 10.2. The molecule has 0 fully saturated rings. The van der Waals surface area contributed by atoms with Crippen LogP contribution in [-0.2, 0) is 0 Å². The molecule has 4 aromatic rings. The third kappa shape index (κ3) is 1.06. The van der Waals surface area contributed by atoms with E-state index in [0.717, 1.165) is 5.69 Å². The lowest BCUT2D eigenvalue weighted by Crippen LogP contribution is -1.91. The van der Waals surface area contributed by atoms with E-state index in [9.17, 15) is 0 Å². The third-order valence-electron chi connectivity index (χ3n) is 3.88. The second-order valence-electron chi connectivity index (χ2n) is 4.96. The smallest absolute Gasteiger partial charge is 0.0394 e. The molecular weight excluding hydrogens is 218 g/mol. The lowest BCUT2D eigenvalue weighted by atomic mass is 9.91. The molecule has 2 N–H and O–H groups in total. The minimum atomic E-state index is 0.861. The van der Waals surface area contributed by atoms with Crippen LogP contribution < -0.4 is 5.73 Å². The highest BCUT2D eigenvalue weighted by molar-refractivity contribution is 6.25. The van der Waals surface area contributed by atoms with E-state index in [0.29, 0.717) is 0 Å². The fraction of sp³-hybridized carbons (Fsp3) is 0.0588. The third-order valence-corrected chi connectivity index (χ3v) is 3.88. The molecule has 4 rings (SSSR count). The minimum Gasteiger partial charge on any atom is -0.398 e. The normalized spacial score (nSPS) is 11.8. The Kier molecular flexibility index (Phi) is 1.69. The van der Waals surface area contributed by atoms with Crippen molar-refractivity contribution in [2.75, 3.05) is 5.73 Å². The number of hydrogen-bond acceptors (Lipinski definition) is 1. The number of hydrogen-bond donors (Lipinski definition) is 1. The average molecular weight is 231 g/mol. The fourth-order valence-corrected chi connectivity index (χ4v) is 3.03. The van der Waals surface area contributed by atoms with E-state index >= 15 is 0 Å². The molecule has 86 valence electrons. The molecular formula is C17H13N. The van der Waals surface area contributed by atoms with Crippen molar-refractivity contribution >= 4 is 38.0 Å². The SMILES string of the molecule is Cc1cc2cccc3ccc4c(N)ccc1c4c32. The van der Waals surface area contributed by atoms with Crippen LogP contribution in [0.4, 0.5) is 5.69 Å². The van der Waals surface area contributed by atoms with Gasteiger partial charge in [0.2, 0.25) is 0 Å². The first kappa shape index (κ1) is 9.72. The van der Waals surface area contributed by atoms with Gasteiger partial charge in [-0.2, -0.15) is 0 Å².